The smallest absolute Gasteiger partial charge is 0.282 e. The summed E-state index contributed by atoms with van der Waals surface area (Å²) in [6.07, 6.45) is 3.29. The molecule has 2 fully saturated rings. The van der Waals surface area contributed by atoms with Crippen molar-refractivity contribution in [3.63, 3.8) is 0 Å². The van der Waals surface area contributed by atoms with E-state index in [0.717, 1.165) is 13.1 Å². The lowest BCUT2D eigenvalue weighted by Crippen LogP contribution is -2.57. The molecule has 4 rings (SSSR count). The summed E-state index contributed by atoms with van der Waals surface area (Å²) >= 11 is 0. The number of nitrogens with zero attached hydrogens (tertiary/aromatic N) is 5. The lowest BCUT2D eigenvalue weighted by molar-refractivity contribution is 0.0692. The van der Waals surface area contributed by atoms with E-state index in [0.29, 0.717) is 56.3 Å². The zero-order valence-electron chi connectivity index (χ0n) is 17.6. The fourth-order valence-electron chi connectivity index (χ4n) is 3.70. The van der Waals surface area contributed by atoms with Gasteiger partial charge in [-0.25, -0.2) is 0 Å². The molecule has 1 amide bonds. The quantitative estimate of drug-likeness (QED) is 0.686. The number of ether oxygens (including phenoxy) is 1. The van der Waals surface area contributed by atoms with E-state index in [-0.39, 0.29) is 5.91 Å². The van der Waals surface area contributed by atoms with Gasteiger partial charge in [-0.1, -0.05) is 0 Å². The normalized spacial score (nSPS) is 19.3. The van der Waals surface area contributed by atoms with Crippen LogP contribution in [0.4, 0.5) is 0 Å². The average Bonchev–Trinajstić information content (AvgIpc) is 2.80. The van der Waals surface area contributed by atoms with Crippen molar-refractivity contribution in [2.45, 2.75) is 0 Å². The second-order valence-electron chi connectivity index (χ2n) is 7.72. The van der Waals surface area contributed by atoms with Gasteiger partial charge in [0, 0.05) is 64.1 Å². The van der Waals surface area contributed by atoms with Crippen LogP contribution in [0.3, 0.4) is 0 Å². The van der Waals surface area contributed by atoms with Gasteiger partial charge in [-0.15, -0.1) is 0 Å². The van der Waals surface area contributed by atoms with Crippen LogP contribution in [0.2, 0.25) is 0 Å². The SMILES string of the molecule is CN1CCN(S(=O)(=O)N2CCN(C(=O)c3ccc(Oc4cccnc4)cc3)CC2)CC1. The van der Waals surface area contributed by atoms with Gasteiger partial charge in [-0.2, -0.15) is 17.0 Å². The highest BCUT2D eigenvalue weighted by Crippen LogP contribution is 2.22. The van der Waals surface area contributed by atoms with Crippen LogP contribution in [-0.4, -0.2) is 97.1 Å². The molecule has 31 heavy (non-hydrogen) atoms. The van der Waals surface area contributed by atoms with Crippen molar-refractivity contribution in [2.75, 3.05) is 59.4 Å². The zero-order valence-corrected chi connectivity index (χ0v) is 18.4. The second-order valence-corrected chi connectivity index (χ2v) is 9.64. The minimum absolute atomic E-state index is 0.107. The highest BCUT2D eigenvalue weighted by molar-refractivity contribution is 7.86. The van der Waals surface area contributed by atoms with Gasteiger partial charge in [0.05, 0.1) is 6.20 Å². The molecule has 0 atom stereocenters. The zero-order chi connectivity index (χ0) is 21.8. The molecule has 9 nitrogen and oxygen atoms in total. The monoisotopic (exact) mass is 445 g/mol. The van der Waals surface area contributed by atoms with Crippen LogP contribution in [0.1, 0.15) is 10.4 Å². The molecule has 0 N–H and O–H groups in total. The van der Waals surface area contributed by atoms with Crippen molar-refractivity contribution < 1.29 is 17.9 Å². The predicted molar refractivity (Wildman–Crippen MR) is 116 cm³/mol. The molecule has 0 unspecified atom stereocenters. The van der Waals surface area contributed by atoms with Gasteiger partial charge in [0.15, 0.2) is 0 Å². The molecule has 0 radical (unpaired) electrons. The van der Waals surface area contributed by atoms with E-state index in [9.17, 15) is 13.2 Å². The van der Waals surface area contributed by atoms with Crippen LogP contribution in [0, 0.1) is 0 Å². The van der Waals surface area contributed by atoms with Crippen molar-refractivity contribution in [3.8, 4) is 11.5 Å². The molecule has 2 aromatic rings. The number of aromatic nitrogens is 1. The summed E-state index contributed by atoms with van der Waals surface area (Å²) in [6, 6.07) is 10.5. The molecular formula is C21H27N5O4S. The van der Waals surface area contributed by atoms with Crippen molar-refractivity contribution >= 4 is 16.1 Å². The summed E-state index contributed by atoms with van der Waals surface area (Å²) in [4.78, 5) is 20.7. The summed E-state index contributed by atoms with van der Waals surface area (Å²) in [5.74, 6) is 1.14. The van der Waals surface area contributed by atoms with Crippen LogP contribution in [0.25, 0.3) is 0 Å². The van der Waals surface area contributed by atoms with Crippen LogP contribution < -0.4 is 4.74 Å². The first-order chi connectivity index (χ1) is 14.9. The Morgan fingerprint density at radius 1 is 0.871 bits per heavy atom. The third-order valence-electron chi connectivity index (χ3n) is 5.61. The first kappa shape index (κ1) is 21.7. The van der Waals surface area contributed by atoms with Crippen LogP contribution in [0.15, 0.2) is 48.8 Å². The molecule has 2 saturated heterocycles. The Morgan fingerprint density at radius 3 is 2.06 bits per heavy atom. The number of carbonyl (C=O) groups is 1. The third kappa shape index (κ3) is 5.04. The first-order valence-electron chi connectivity index (χ1n) is 10.3. The minimum atomic E-state index is -3.48. The Balaban J connectivity index is 1.33. The van der Waals surface area contributed by atoms with E-state index in [1.807, 2.05) is 13.1 Å². The van der Waals surface area contributed by atoms with Gasteiger partial charge in [0.1, 0.15) is 11.5 Å². The fourth-order valence-corrected chi connectivity index (χ4v) is 5.27. The Labute approximate surface area is 183 Å². The molecule has 0 aliphatic carbocycles. The molecule has 2 aliphatic heterocycles. The van der Waals surface area contributed by atoms with Crippen LogP contribution in [-0.2, 0) is 10.2 Å². The molecular weight excluding hydrogens is 418 g/mol. The van der Waals surface area contributed by atoms with Gasteiger partial charge < -0.3 is 14.5 Å². The number of rotatable bonds is 5. The summed E-state index contributed by atoms with van der Waals surface area (Å²) in [5, 5.41) is 0. The lowest BCUT2D eigenvalue weighted by atomic mass is 10.2. The first-order valence-corrected chi connectivity index (χ1v) is 11.7. The van der Waals surface area contributed by atoms with Crippen LogP contribution in [0.5, 0.6) is 11.5 Å². The van der Waals surface area contributed by atoms with Gasteiger partial charge in [0.2, 0.25) is 0 Å². The molecule has 166 valence electrons. The summed E-state index contributed by atoms with van der Waals surface area (Å²) < 4.78 is 34.5. The number of likely N-dealkylation sites (N-methyl/N-ethyl adjacent to an activating group) is 1. The Kier molecular flexibility index (Phi) is 6.51. The molecule has 0 saturated carbocycles. The number of carbonyl (C=O) groups excluding carboxylic acids is 1. The molecule has 0 spiro atoms. The second kappa shape index (κ2) is 9.31. The molecule has 1 aromatic heterocycles. The standard InChI is InChI=1S/C21H27N5O4S/c1-23-9-13-25(14-10-23)31(28,29)26-15-11-24(12-16-26)21(27)18-4-6-19(7-5-18)30-20-3-2-8-22-17-20/h2-8,17H,9-16H2,1H3. The van der Waals surface area contributed by atoms with Crippen molar-refractivity contribution in [1.29, 1.82) is 0 Å². The maximum Gasteiger partial charge on any atom is 0.282 e. The number of piperazine rings is 2. The largest absolute Gasteiger partial charge is 0.456 e. The summed E-state index contributed by atoms with van der Waals surface area (Å²) in [5.41, 5.74) is 0.550. The number of benzene rings is 1. The lowest BCUT2D eigenvalue weighted by Gasteiger charge is -2.39. The van der Waals surface area contributed by atoms with E-state index in [4.69, 9.17) is 4.74 Å². The third-order valence-corrected chi connectivity index (χ3v) is 7.65. The van der Waals surface area contributed by atoms with E-state index in [1.165, 1.54) is 4.31 Å². The molecule has 2 aliphatic rings. The van der Waals surface area contributed by atoms with Gasteiger partial charge in [-0.05, 0) is 43.4 Å². The van der Waals surface area contributed by atoms with Crippen molar-refractivity contribution in [3.05, 3.63) is 54.4 Å². The Hall–Kier alpha value is -2.53. The predicted octanol–water partition coefficient (Wildman–Crippen LogP) is 1.12. The van der Waals surface area contributed by atoms with Crippen LogP contribution >= 0.6 is 0 Å². The Bertz CT molecular complexity index is 984. The van der Waals surface area contributed by atoms with Gasteiger partial charge >= 0.3 is 0 Å². The van der Waals surface area contributed by atoms with E-state index in [1.54, 1.807) is 51.9 Å². The number of amides is 1. The maximum absolute atomic E-state index is 12.9. The minimum Gasteiger partial charge on any atom is -0.456 e. The number of pyridine rings is 1. The van der Waals surface area contributed by atoms with Crippen molar-refractivity contribution in [2.24, 2.45) is 0 Å². The molecule has 0 bridgehead atoms. The van der Waals surface area contributed by atoms with E-state index < -0.39 is 10.2 Å². The molecule has 1 aromatic carbocycles. The topological polar surface area (TPSA) is 86.3 Å². The number of hydrogen-bond donors (Lipinski definition) is 0. The fraction of sp³-hybridized carbons (Fsp3) is 0.429. The molecule has 3 heterocycles. The van der Waals surface area contributed by atoms with Crippen molar-refractivity contribution in [1.82, 2.24) is 23.4 Å². The summed E-state index contributed by atoms with van der Waals surface area (Å²) in [7, 11) is -1.49. The number of hydrogen-bond acceptors (Lipinski definition) is 6. The molecule has 10 heteroatoms. The van der Waals surface area contributed by atoms with Gasteiger partial charge in [-0.3, -0.25) is 9.78 Å². The average molecular weight is 446 g/mol. The highest BCUT2D eigenvalue weighted by Gasteiger charge is 2.34. The van der Waals surface area contributed by atoms with Gasteiger partial charge in [0.25, 0.3) is 16.1 Å². The Morgan fingerprint density at radius 2 is 1.48 bits per heavy atom. The summed E-state index contributed by atoms with van der Waals surface area (Å²) in [6.45, 7) is 3.85. The maximum atomic E-state index is 12.9. The van der Waals surface area contributed by atoms with E-state index >= 15 is 0 Å². The van der Waals surface area contributed by atoms with E-state index in [2.05, 4.69) is 9.88 Å². The highest BCUT2D eigenvalue weighted by atomic mass is 32.2.